The molecule has 0 aliphatic heterocycles. The first kappa shape index (κ1) is 22.7. The molecule has 23 heavy (non-hydrogen) atoms. The molecule has 0 spiro atoms. The third-order valence-electron chi connectivity index (χ3n) is 3.64. The average molecular weight is 338 g/mol. The first-order chi connectivity index (χ1) is 10.4. The molecule has 0 heterocycles. The summed E-state index contributed by atoms with van der Waals surface area (Å²) in [4.78, 5) is 3.74. The molecule has 0 amide bonds. The normalized spacial score (nSPS) is 17.0. The highest BCUT2D eigenvalue weighted by Crippen LogP contribution is 2.40. The van der Waals surface area contributed by atoms with Crippen LogP contribution in [-0.4, -0.2) is 81.4 Å². The van der Waals surface area contributed by atoms with Gasteiger partial charge in [-0.15, -0.1) is 0 Å². The Balaban J connectivity index is 0.000000422. The summed E-state index contributed by atoms with van der Waals surface area (Å²) in [6.45, 7) is 7.80. The van der Waals surface area contributed by atoms with Crippen molar-refractivity contribution < 1.29 is 18.3 Å². The van der Waals surface area contributed by atoms with Crippen molar-refractivity contribution in [3.8, 4) is 0 Å². The van der Waals surface area contributed by atoms with Gasteiger partial charge in [0.15, 0.2) is 0 Å². The average Bonchev–Trinajstić information content (AvgIpc) is 3.14. The van der Waals surface area contributed by atoms with Crippen LogP contribution in [0.4, 0.5) is 8.78 Å². The Kier molecular flexibility index (Phi) is 9.74. The van der Waals surface area contributed by atoms with Gasteiger partial charge in [0.2, 0.25) is 0 Å². The van der Waals surface area contributed by atoms with Crippen LogP contribution < -0.4 is 0 Å². The number of hydrogen-bond acceptors (Lipinski definition) is 4. The van der Waals surface area contributed by atoms with Crippen LogP contribution in [0.2, 0.25) is 0 Å². The van der Waals surface area contributed by atoms with Crippen LogP contribution in [0.3, 0.4) is 0 Å². The zero-order valence-electron chi connectivity index (χ0n) is 16.2. The van der Waals surface area contributed by atoms with Crippen LogP contribution in [0.25, 0.3) is 0 Å². The molecule has 6 heteroatoms. The summed E-state index contributed by atoms with van der Waals surface area (Å²) in [6, 6.07) is 0. The van der Waals surface area contributed by atoms with E-state index < -0.39 is 12.5 Å². The number of alkyl halides is 2. The maximum absolute atomic E-state index is 12.9. The summed E-state index contributed by atoms with van der Waals surface area (Å²) >= 11 is 0. The molecule has 1 aliphatic rings. The molecule has 0 atom stereocenters. The Morgan fingerprint density at radius 1 is 0.957 bits per heavy atom. The zero-order chi connectivity index (χ0) is 18.3. The van der Waals surface area contributed by atoms with E-state index in [-0.39, 0.29) is 12.6 Å². The molecule has 0 radical (unpaired) electrons. The largest absolute Gasteiger partial charge is 0.377 e. The molecular weight excluding hydrogens is 302 g/mol. The standard InChI is InChI=1S/C9H19NO.C8H17F2NO/c1-8(2)11-7-9(5-6-9)10(3)4;1-7(2)12-6-8(9,10)5-11(3)4/h8H,5-7H2,1-4H3;7H,5-6H2,1-4H3. The van der Waals surface area contributed by atoms with E-state index in [4.69, 9.17) is 9.47 Å². The van der Waals surface area contributed by atoms with Gasteiger partial charge >= 0.3 is 0 Å². The van der Waals surface area contributed by atoms with E-state index >= 15 is 0 Å². The van der Waals surface area contributed by atoms with Crippen LogP contribution >= 0.6 is 0 Å². The van der Waals surface area contributed by atoms with Gasteiger partial charge in [-0.3, -0.25) is 0 Å². The minimum absolute atomic E-state index is 0.141. The van der Waals surface area contributed by atoms with E-state index in [9.17, 15) is 8.78 Å². The zero-order valence-corrected chi connectivity index (χ0v) is 16.2. The predicted octanol–water partition coefficient (Wildman–Crippen LogP) is 3.11. The summed E-state index contributed by atoms with van der Waals surface area (Å²) in [7, 11) is 7.50. The Morgan fingerprint density at radius 3 is 1.74 bits per heavy atom. The highest BCUT2D eigenvalue weighted by molar-refractivity contribution is 5.01. The van der Waals surface area contributed by atoms with Gasteiger partial charge in [-0.1, -0.05) is 0 Å². The molecule has 1 fully saturated rings. The molecule has 0 aromatic carbocycles. The number of halogens is 2. The van der Waals surface area contributed by atoms with Gasteiger partial charge in [-0.25, -0.2) is 8.78 Å². The van der Waals surface area contributed by atoms with E-state index in [2.05, 4.69) is 32.8 Å². The van der Waals surface area contributed by atoms with Crippen LogP contribution in [-0.2, 0) is 9.47 Å². The lowest BCUT2D eigenvalue weighted by Gasteiger charge is -2.24. The van der Waals surface area contributed by atoms with E-state index in [0.29, 0.717) is 11.6 Å². The third kappa shape index (κ3) is 11.0. The molecular formula is C17H36F2N2O2. The number of likely N-dealkylation sites (N-methyl/N-ethyl adjacent to an activating group) is 1. The minimum Gasteiger partial charge on any atom is -0.377 e. The van der Waals surface area contributed by atoms with Crippen LogP contribution in [0.1, 0.15) is 40.5 Å². The highest BCUT2D eigenvalue weighted by atomic mass is 19.3. The monoisotopic (exact) mass is 338 g/mol. The number of hydrogen-bond donors (Lipinski definition) is 0. The van der Waals surface area contributed by atoms with Crippen molar-refractivity contribution in [1.82, 2.24) is 9.80 Å². The molecule has 0 unspecified atom stereocenters. The van der Waals surface area contributed by atoms with E-state index in [0.717, 1.165) is 6.61 Å². The third-order valence-corrected chi connectivity index (χ3v) is 3.64. The first-order valence-corrected chi connectivity index (χ1v) is 8.33. The Morgan fingerprint density at radius 2 is 1.43 bits per heavy atom. The molecule has 0 aromatic heterocycles. The molecule has 0 aromatic rings. The fourth-order valence-corrected chi connectivity index (χ4v) is 1.98. The number of ether oxygens (including phenoxy) is 2. The van der Waals surface area contributed by atoms with Gasteiger partial charge in [0, 0.05) is 5.54 Å². The van der Waals surface area contributed by atoms with Crippen LogP contribution in [0, 0.1) is 0 Å². The fourth-order valence-electron chi connectivity index (χ4n) is 1.98. The molecule has 0 saturated heterocycles. The summed E-state index contributed by atoms with van der Waals surface area (Å²) < 4.78 is 36.2. The second-order valence-corrected chi connectivity index (χ2v) is 7.43. The Bertz CT molecular complexity index is 318. The highest BCUT2D eigenvalue weighted by Gasteiger charge is 2.45. The van der Waals surface area contributed by atoms with Gasteiger partial charge < -0.3 is 19.3 Å². The summed E-state index contributed by atoms with van der Waals surface area (Å²) in [6.07, 6.45) is 2.82. The van der Waals surface area contributed by atoms with Gasteiger partial charge in [0.1, 0.15) is 6.61 Å². The predicted molar refractivity (Wildman–Crippen MR) is 91.3 cm³/mol. The molecule has 0 N–H and O–H groups in total. The van der Waals surface area contributed by atoms with Crippen LogP contribution in [0.5, 0.6) is 0 Å². The molecule has 1 rings (SSSR count). The van der Waals surface area contributed by atoms with Gasteiger partial charge in [-0.2, -0.15) is 0 Å². The number of rotatable bonds is 9. The quantitative estimate of drug-likeness (QED) is 0.645. The van der Waals surface area contributed by atoms with Gasteiger partial charge in [-0.05, 0) is 68.7 Å². The summed E-state index contributed by atoms with van der Waals surface area (Å²) in [5.41, 5.74) is 0.393. The van der Waals surface area contributed by atoms with Crippen molar-refractivity contribution >= 4 is 0 Å². The SMILES string of the molecule is CC(C)OCC(F)(F)CN(C)C.CC(C)OCC1(N(C)C)CC1. The lowest BCUT2D eigenvalue weighted by molar-refractivity contribution is -0.102. The maximum Gasteiger partial charge on any atom is 0.283 e. The Hall–Kier alpha value is -0.300. The van der Waals surface area contributed by atoms with Crippen LogP contribution in [0.15, 0.2) is 0 Å². The van der Waals surface area contributed by atoms with E-state index in [1.54, 1.807) is 27.9 Å². The van der Waals surface area contributed by atoms with Gasteiger partial charge in [0.05, 0.1) is 25.4 Å². The molecule has 1 saturated carbocycles. The molecule has 0 bridgehead atoms. The van der Waals surface area contributed by atoms with Crippen molar-refractivity contribution in [2.24, 2.45) is 0 Å². The first-order valence-electron chi connectivity index (χ1n) is 8.33. The molecule has 1 aliphatic carbocycles. The second kappa shape index (κ2) is 9.87. The van der Waals surface area contributed by atoms with E-state index in [1.165, 1.54) is 17.7 Å². The fraction of sp³-hybridized carbons (Fsp3) is 1.00. The Labute approximate surface area is 141 Å². The topological polar surface area (TPSA) is 24.9 Å². The van der Waals surface area contributed by atoms with Gasteiger partial charge in [0.25, 0.3) is 5.92 Å². The second-order valence-electron chi connectivity index (χ2n) is 7.43. The van der Waals surface area contributed by atoms with Crippen molar-refractivity contribution in [1.29, 1.82) is 0 Å². The van der Waals surface area contributed by atoms with Crippen molar-refractivity contribution in [2.45, 2.75) is 64.2 Å². The summed E-state index contributed by atoms with van der Waals surface area (Å²) in [5.74, 6) is -2.74. The lowest BCUT2D eigenvalue weighted by atomic mass is 10.2. The molecule has 4 nitrogen and oxygen atoms in total. The molecule has 140 valence electrons. The lowest BCUT2D eigenvalue weighted by Crippen LogP contribution is -2.36. The van der Waals surface area contributed by atoms with E-state index in [1.807, 2.05) is 0 Å². The summed E-state index contributed by atoms with van der Waals surface area (Å²) in [5, 5.41) is 0. The smallest absolute Gasteiger partial charge is 0.283 e. The van der Waals surface area contributed by atoms with Crippen molar-refractivity contribution in [2.75, 3.05) is 47.9 Å². The number of nitrogens with zero attached hydrogens (tertiary/aromatic N) is 2. The van der Waals surface area contributed by atoms with Crippen molar-refractivity contribution in [3.63, 3.8) is 0 Å². The minimum atomic E-state index is -2.74. The maximum atomic E-state index is 12.9. The van der Waals surface area contributed by atoms with Crippen molar-refractivity contribution in [3.05, 3.63) is 0 Å².